The first-order valence-electron chi connectivity index (χ1n) is 7.29. The van der Waals surface area contributed by atoms with Crippen LogP contribution in [-0.4, -0.2) is 16.9 Å². The third-order valence-corrected chi connectivity index (χ3v) is 3.55. The SMILES string of the molecule is CCCCC(OC)n1ncc2ccc(CCC)cc21. The van der Waals surface area contributed by atoms with Gasteiger partial charge >= 0.3 is 0 Å². The van der Waals surface area contributed by atoms with E-state index in [0.29, 0.717) is 0 Å². The summed E-state index contributed by atoms with van der Waals surface area (Å²) in [6, 6.07) is 6.62. The van der Waals surface area contributed by atoms with E-state index in [2.05, 4.69) is 37.1 Å². The second-order valence-electron chi connectivity index (χ2n) is 5.06. The molecule has 0 bridgehead atoms. The lowest BCUT2D eigenvalue weighted by molar-refractivity contribution is 0.0288. The van der Waals surface area contributed by atoms with Crippen LogP contribution in [0.1, 0.15) is 51.3 Å². The van der Waals surface area contributed by atoms with E-state index in [9.17, 15) is 0 Å². The van der Waals surface area contributed by atoms with E-state index in [-0.39, 0.29) is 6.23 Å². The molecule has 0 saturated carbocycles. The van der Waals surface area contributed by atoms with Crippen LogP contribution in [0.5, 0.6) is 0 Å². The van der Waals surface area contributed by atoms with Crippen molar-refractivity contribution in [3.63, 3.8) is 0 Å². The number of rotatable bonds is 7. The first-order valence-corrected chi connectivity index (χ1v) is 7.29. The Hall–Kier alpha value is -1.35. The van der Waals surface area contributed by atoms with Crippen molar-refractivity contribution in [2.75, 3.05) is 7.11 Å². The minimum absolute atomic E-state index is 0.0503. The molecule has 1 aromatic heterocycles. The normalized spacial score (nSPS) is 13.0. The van der Waals surface area contributed by atoms with Gasteiger partial charge in [-0.3, -0.25) is 0 Å². The summed E-state index contributed by atoms with van der Waals surface area (Å²) in [5.41, 5.74) is 2.57. The lowest BCUT2D eigenvalue weighted by Crippen LogP contribution is -2.12. The summed E-state index contributed by atoms with van der Waals surface area (Å²) >= 11 is 0. The lowest BCUT2D eigenvalue weighted by Gasteiger charge is -2.16. The van der Waals surface area contributed by atoms with Gasteiger partial charge in [-0.1, -0.05) is 38.8 Å². The highest BCUT2D eigenvalue weighted by molar-refractivity contribution is 5.79. The zero-order valence-electron chi connectivity index (χ0n) is 12.2. The van der Waals surface area contributed by atoms with Crippen LogP contribution in [0, 0.1) is 0 Å². The Kier molecular flexibility index (Phi) is 4.97. The molecular formula is C16H24N2O. The quantitative estimate of drug-likeness (QED) is 0.741. The predicted molar refractivity (Wildman–Crippen MR) is 79.3 cm³/mol. The first kappa shape index (κ1) is 14.1. The number of hydrogen-bond acceptors (Lipinski definition) is 2. The molecule has 0 aliphatic heterocycles. The predicted octanol–water partition coefficient (Wildman–Crippen LogP) is 4.32. The summed E-state index contributed by atoms with van der Waals surface area (Å²) in [6.07, 6.45) is 7.63. The zero-order chi connectivity index (χ0) is 13.7. The molecule has 104 valence electrons. The molecule has 0 saturated heterocycles. The highest BCUT2D eigenvalue weighted by Crippen LogP contribution is 2.23. The molecule has 0 aliphatic rings. The van der Waals surface area contributed by atoms with Gasteiger partial charge in [-0.25, -0.2) is 4.68 Å². The van der Waals surface area contributed by atoms with Gasteiger partial charge in [0.15, 0.2) is 0 Å². The number of hydrogen-bond donors (Lipinski definition) is 0. The molecule has 1 atom stereocenters. The van der Waals surface area contributed by atoms with Crippen LogP contribution in [0.15, 0.2) is 24.4 Å². The summed E-state index contributed by atoms with van der Waals surface area (Å²) in [5.74, 6) is 0. The Labute approximate surface area is 115 Å². The van der Waals surface area contributed by atoms with Gasteiger partial charge in [-0.15, -0.1) is 0 Å². The molecule has 0 N–H and O–H groups in total. The zero-order valence-corrected chi connectivity index (χ0v) is 12.2. The molecule has 19 heavy (non-hydrogen) atoms. The summed E-state index contributed by atoms with van der Waals surface area (Å²) in [4.78, 5) is 0. The standard InChI is InChI=1S/C16H24N2O/c1-4-6-8-16(19-3)18-15-11-13(7-5-2)9-10-14(15)12-17-18/h9-12,16H,4-8H2,1-3H3. The van der Waals surface area contributed by atoms with Crippen molar-refractivity contribution in [2.45, 2.75) is 52.2 Å². The summed E-state index contributed by atoms with van der Waals surface area (Å²) in [5, 5.41) is 5.71. The van der Waals surface area contributed by atoms with Gasteiger partial charge in [0.05, 0.1) is 11.7 Å². The van der Waals surface area contributed by atoms with E-state index in [0.717, 1.165) is 19.3 Å². The van der Waals surface area contributed by atoms with E-state index in [1.807, 2.05) is 10.9 Å². The monoisotopic (exact) mass is 260 g/mol. The minimum Gasteiger partial charge on any atom is -0.360 e. The van der Waals surface area contributed by atoms with Gasteiger partial charge in [-0.2, -0.15) is 5.10 Å². The highest BCUT2D eigenvalue weighted by atomic mass is 16.5. The van der Waals surface area contributed by atoms with Crippen molar-refractivity contribution in [2.24, 2.45) is 0 Å². The number of aromatic nitrogens is 2. The van der Waals surface area contributed by atoms with E-state index >= 15 is 0 Å². The second-order valence-corrected chi connectivity index (χ2v) is 5.06. The Morgan fingerprint density at radius 2 is 2.11 bits per heavy atom. The van der Waals surface area contributed by atoms with Gasteiger partial charge < -0.3 is 4.74 Å². The van der Waals surface area contributed by atoms with E-state index in [4.69, 9.17) is 4.74 Å². The van der Waals surface area contributed by atoms with Crippen LogP contribution in [0.3, 0.4) is 0 Å². The molecule has 0 spiro atoms. The molecule has 0 amide bonds. The van der Waals surface area contributed by atoms with Gasteiger partial charge in [0.2, 0.25) is 0 Å². The van der Waals surface area contributed by atoms with Crippen molar-refractivity contribution < 1.29 is 4.74 Å². The van der Waals surface area contributed by atoms with Crippen LogP contribution in [0.2, 0.25) is 0 Å². The Bertz CT molecular complexity index is 518. The molecule has 0 fully saturated rings. The Balaban J connectivity index is 2.33. The van der Waals surface area contributed by atoms with Crippen molar-refractivity contribution in [3.8, 4) is 0 Å². The van der Waals surface area contributed by atoms with Crippen molar-refractivity contribution >= 4 is 10.9 Å². The molecular weight excluding hydrogens is 236 g/mol. The largest absolute Gasteiger partial charge is 0.360 e. The van der Waals surface area contributed by atoms with Crippen LogP contribution < -0.4 is 0 Å². The maximum absolute atomic E-state index is 5.61. The molecule has 2 aromatic rings. The highest BCUT2D eigenvalue weighted by Gasteiger charge is 2.13. The summed E-state index contributed by atoms with van der Waals surface area (Å²) < 4.78 is 7.64. The third-order valence-electron chi connectivity index (χ3n) is 3.55. The maximum Gasteiger partial charge on any atom is 0.150 e. The minimum atomic E-state index is 0.0503. The van der Waals surface area contributed by atoms with Crippen LogP contribution >= 0.6 is 0 Å². The summed E-state index contributed by atoms with van der Waals surface area (Å²) in [6.45, 7) is 4.41. The number of methoxy groups -OCH3 is 1. The molecule has 0 radical (unpaired) electrons. The van der Waals surface area contributed by atoms with Gasteiger partial charge in [-0.05, 0) is 30.9 Å². The number of ether oxygens (including phenoxy) is 1. The fourth-order valence-electron chi connectivity index (χ4n) is 2.48. The smallest absolute Gasteiger partial charge is 0.150 e. The molecule has 1 unspecified atom stereocenters. The van der Waals surface area contributed by atoms with Crippen LogP contribution in [-0.2, 0) is 11.2 Å². The van der Waals surface area contributed by atoms with Gasteiger partial charge in [0.1, 0.15) is 6.23 Å². The van der Waals surface area contributed by atoms with E-state index < -0.39 is 0 Å². The third kappa shape index (κ3) is 3.16. The molecule has 0 aliphatic carbocycles. The number of fused-ring (bicyclic) bond motifs is 1. The number of unbranched alkanes of at least 4 members (excludes halogenated alkanes) is 1. The molecule has 3 heteroatoms. The Morgan fingerprint density at radius 1 is 1.26 bits per heavy atom. The van der Waals surface area contributed by atoms with Gasteiger partial charge in [0, 0.05) is 12.5 Å². The number of aryl methyl sites for hydroxylation is 1. The molecule has 2 rings (SSSR count). The average Bonchev–Trinajstić information content (AvgIpc) is 2.84. The van der Waals surface area contributed by atoms with E-state index in [1.54, 1.807) is 7.11 Å². The van der Waals surface area contributed by atoms with Crippen molar-refractivity contribution in [1.29, 1.82) is 0 Å². The maximum atomic E-state index is 5.61. The summed E-state index contributed by atoms with van der Waals surface area (Å²) in [7, 11) is 1.77. The Morgan fingerprint density at radius 3 is 2.79 bits per heavy atom. The lowest BCUT2D eigenvalue weighted by atomic mass is 10.1. The fourth-order valence-corrected chi connectivity index (χ4v) is 2.48. The van der Waals surface area contributed by atoms with Crippen molar-refractivity contribution in [1.82, 2.24) is 9.78 Å². The fraction of sp³-hybridized carbons (Fsp3) is 0.562. The second kappa shape index (κ2) is 6.71. The number of benzene rings is 1. The van der Waals surface area contributed by atoms with E-state index in [1.165, 1.54) is 29.3 Å². The van der Waals surface area contributed by atoms with Gasteiger partial charge in [0.25, 0.3) is 0 Å². The molecule has 1 aromatic carbocycles. The van der Waals surface area contributed by atoms with Crippen molar-refractivity contribution in [3.05, 3.63) is 30.0 Å². The number of nitrogens with zero attached hydrogens (tertiary/aromatic N) is 2. The molecule has 1 heterocycles. The van der Waals surface area contributed by atoms with Crippen LogP contribution in [0.4, 0.5) is 0 Å². The topological polar surface area (TPSA) is 27.1 Å². The van der Waals surface area contributed by atoms with Crippen LogP contribution in [0.25, 0.3) is 10.9 Å². The average molecular weight is 260 g/mol. The first-order chi connectivity index (χ1) is 9.30. The molecule has 3 nitrogen and oxygen atoms in total.